The first kappa shape index (κ1) is 12.1. The number of nitrogens with zero attached hydrogens (tertiary/aromatic N) is 1. The van der Waals surface area contributed by atoms with Crippen LogP contribution in [-0.2, 0) is 12.5 Å². The molecule has 1 aromatic rings. The van der Waals surface area contributed by atoms with Crippen LogP contribution in [0.15, 0.2) is 6.07 Å². The number of hydrogen-bond acceptors (Lipinski definition) is 2. The highest BCUT2D eigenvalue weighted by molar-refractivity contribution is 14.1. The average molecular weight is 334 g/mol. The van der Waals surface area contributed by atoms with Crippen LogP contribution in [0.2, 0.25) is 0 Å². The zero-order chi connectivity index (χ0) is 10.7. The number of aliphatic hydroxyl groups is 1. The smallest absolute Gasteiger partial charge is 0.280 e. The third-order valence-electron chi connectivity index (χ3n) is 1.73. The average Bonchev–Trinajstić information content (AvgIpc) is 2.16. The van der Waals surface area contributed by atoms with E-state index in [1.807, 2.05) is 22.6 Å². The Bertz CT molecular complexity index is 335. The van der Waals surface area contributed by atoms with Gasteiger partial charge in [-0.25, -0.2) is 13.8 Å². The highest BCUT2D eigenvalue weighted by atomic mass is 127. The van der Waals surface area contributed by atoms with Crippen LogP contribution in [0.3, 0.4) is 0 Å². The molecule has 1 heterocycles. The van der Waals surface area contributed by atoms with E-state index < -0.39 is 13.0 Å². The van der Waals surface area contributed by atoms with Crippen LogP contribution in [-0.4, -0.2) is 10.1 Å². The summed E-state index contributed by atoms with van der Waals surface area (Å²) in [7, 11) is 0. The molecule has 0 fully saturated rings. The minimum Gasteiger partial charge on any atom is -0.392 e. The van der Waals surface area contributed by atoms with Gasteiger partial charge >= 0.3 is 0 Å². The molecule has 0 radical (unpaired) electrons. The van der Waals surface area contributed by atoms with Crippen molar-refractivity contribution in [3.63, 3.8) is 0 Å². The van der Waals surface area contributed by atoms with Gasteiger partial charge in [-0.1, -0.05) is 0 Å². The van der Waals surface area contributed by atoms with Crippen LogP contribution < -0.4 is 0 Å². The molecule has 0 aliphatic heterocycles. The van der Waals surface area contributed by atoms with Crippen molar-refractivity contribution in [3.8, 4) is 0 Å². The first-order valence-electron chi connectivity index (χ1n) is 3.73. The van der Waals surface area contributed by atoms with Gasteiger partial charge in [0.25, 0.3) is 6.43 Å². The molecule has 0 saturated heterocycles. The summed E-state index contributed by atoms with van der Waals surface area (Å²) < 4.78 is 25.4. The van der Waals surface area contributed by atoms with Gasteiger partial charge in [0.05, 0.1) is 6.61 Å². The summed E-state index contributed by atoms with van der Waals surface area (Å²) in [6.07, 6.45) is -2.69. The summed E-state index contributed by atoms with van der Waals surface area (Å²) in [4.78, 5) is 3.67. The van der Waals surface area contributed by atoms with Gasteiger partial charge in [-0.15, -0.1) is 11.6 Å². The van der Waals surface area contributed by atoms with E-state index in [-0.39, 0.29) is 17.1 Å². The van der Waals surface area contributed by atoms with Crippen molar-refractivity contribution in [1.29, 1.82) is 0 Å². The summed E-state index contributed by atoms with van der Waals surface area (Å²) in [5.41, 5.74) is 0.259. The SMILES string of the molecule is OCc1c(CCl)cc(I)nc1C(F)F. The molecule has 6 heteroatoms. The Morgan fingerprint density at radius 3 is 2.64 bits per heavy atom. The molecule has 1 rings (SSSR count). The Hall–Kier alpha value is -0.0100. The molecule has 0 atom stereocenters. The molecular weight excluding hydrogens is 326 g/mol. The molecular formula is C8H7ClF2INO. The zero-order valence-corrected chi connectivity index (χ0v) is 9.89. The molecule has 1 aromatic heterocycles. The highest BCUT2D eigenvalue weighted by Crippen LogP contribution is 2.26. The fourth-order valence-electron chi connectivity index (χ4n) is 1.09. The number of aliphatic hydroxyl groups excluding tert-OH is 1. The highest BCUT2D eigenvalue weighted by Gasteiger charge is 2.18. The van der Waals surface area contributed by atoms with Gasteiger partial charge in [0.1, 0.15) is 9.39 Å². The molecule has 0 aliphatic carbocycles. The first-order valence-corrected chi connectivity index (χ1v) is 5.34. The third kappa shape index (κ3) is 2.52. The van der Waals surface area contributed by atoms with E-state index in [0.717, 1.165) is 0 Å². The van der Waals surface area contributed by atoms with E-state index in [1.165, 1.54) is 0 Å². The van der Waals surface area contributed by atoms with Crippen LogP contribution in [0.5, 0.6) is 0 Å². The number of hydrogen-bond donors (Lipinski definition) is 1. The van der Waals surface area contributed by atoms with Crippen molar-refractivity contribution in [2.75, 3.05) is 0 Å². The van der Waals surface area contributed by atoms with Gasteiger partial charge in [-0.2, -0.15) is 0 Å². The Labute approximate surface area is 98.4 Å². The van der Waals surface area contributed by atoms with Crippen molar-refractivity contribution in [2.45, 2.75) is 18.9 Å². The standard InChI is InChI=1S/C8H7ClF2INO/c9-2-4-1-6(12)13-7(8(10)11)5(4)3-14/h1,8,14H,2-3H2. The number of pyridine rings is 1. The quantitative estimate of drug-likeness (QED) is 0.524. The topological polar surface area (TPSA) is 33.1 Å². The van der Waals surface area contributed by atoms with Crippen LogP contribution in [0.4, 0.5) is 8.78 Å². The minimum atomic E-state index is -2.69. The van der Waals surface area contributed by atoms with Gasteiger partial charge < -0.3 is 5.11 Å². The molecule has 0 spiro atoms. The Kier molecular flexibility index (Phi) is 4.46. The summed E-state index contributed by atoms with van der Waals surface area (Å²) in [5.74, 6) is 0.0914. The summed E-state index contributed by atoms with van der Waals surface area (Å²) in [6, 6.07) is 1.59. The summed E-state index contributed by atoms with van der Waals surface area (Å²) in [6.45, 7) is -0.467. The lowest BCUT2D eigenvalue weighted by atomic mass is 10.1. The normalized spacial score (nSPS) is 11.0. The van der Waals surface area contributed by atoms with E-state index in [0.29, 0.717) is 9.26 Å². The molecule has 78 valence electrons. The minimum absolute atomic E-state index is 0.0914. The maximum Gasteiger partial charge on any atom is 0.280 e. The maximum atomic E-state index is 12.5. The van der Waals surface area contributed by atoms with Crippen molar-refractivity contribution in [3.05, 3.63) is 26.6 Å². The van der Waals surface area contributed by atoms with E-state index in [1.54, 1.807) is 6.07 Å². The fraction of sp³-hybridized carbons (Fsp3) is 0.375. The molecule has 0 amide bonds. The van der Waals surface area contributed by atoms with Crippen LogP contribution in [0.25, 0.3) is 0 Å². The molecule has 2 nitrogen and oxygen atoms in total. The number of aromatic nitrogens is 1. The predicted molar refractivity (Wildman–Crippen MR) is 57.4 cm³/mol. The Balaban J connectivity index is 3.31. The zero-order valence-electron chi connectivity index (χ0n) is 6.98. The van der Waals surface area contributed by atoms with Gasteiger partial charge in [-0.05, 0) is 34.2 Å². The maximum absolute atomic E-state index is 12.5. The molecule has 0 aliphatic rings. The lowest BCUT2D eigenvalue weighted by molar-refractivity contribution is 0.141. The fourth-order valence-corrected chi connectivity index (χ4v) is 1.97. The lowest BCUT2D eigenvalue weighted by Gasteiger charge is -2.10. The van der Waals surface area contributed by atoms with E-state index in [9.17, 15) is 8.78 Å². The second-order valence-electron chi connectivity index (χ2n) is 2.56. The molecule has 0 bridgehead atoms. The van der Waals surface area contributed by atoms with Crippen LogP contribution >= 0.6 is 34.2 Å². The Morgan fingerprint density at radius 2 is 2.21 bits per heavy atom. The van der Waals surface area contributed by atoms with Crippen LogP contribution in [0, 0.1) is 3.70 Å². The van der Waals surface area contributed by atoms with Crippen molar-refractivity contribution < 1.29 is 13.9 Å². The number of halogens is 4. The van der Waals surface area contributed by atoms with Gasteiger partial charge in [0.2, 0.25) is 0 Å². The summed E-state index contributed by atoms with van der Waals surface area (Å²) in [5, 5.41) is 8.94. The van der Waals surface area contributed by atoms with Crippen molar-refractivity contribution in [2.24, 2.45) is 0 Å². The second kappa shape index (κ2) is 5.18. The van der Waals surface area contributed by atoms with E-state index in [2.05, 4.69) is 4.98 Å². The lowest BCUT2D eigenvalue weighted by Crippen LogP contribution is -2.04. The third-order valence-corrected chi connectivity index (χ3v) is 2.57. The first-order chi connectivity index (χ1) is 6.60. The van der Waals surface area contributed by atoms with E-state index in [4.69, 9.17) is 16.7 Å². The molecule has 1 N–H and O–H groups in total. The summed E-state index contributed by atoms with van der Waals surface area (Å²) >= 11 is 7.41. The number of rotatable bonds is 3. The number of alkyl halides is 3. The molecule has 14 heavy (non-hydrogen) atoms. The molecule has 0 saturated carbocycles. The van der Waals surface area contributed by atoms with Crippen molar-refractivity contribution >= 4 is 34.2 Å². The second-order valence-corrected chi connectivity index (χ2v) is 3.93. The van der Waals surface area contributed by atoms with Gasteiger partial charge in [0.15, 0.2) is 0 Å². The largest absolute Gasteiger partial charge is 0.392 e. The predicted octanol–water partition coefficient (Wildman–Crippen LogP) is 2.85. The van der Waals surface area contributed by atoms with Crippen LogP contribution in [0.1, 0.15) is 23.2 Å². The Morgan fingerprint density at radius 1 is 1.57 bits per heavy atom. The van der Waals surface area contributed by atoms with Gasteiger partial charge in [-0.3, -0.25) is 0 Å². The molecule has 0 unspecified atom stereocenters. The van der Waals surface area contributed by atoms with Gasteiger partial charge in [0, 0.05) is 11.4 Å². The van der Waals surface area contributed by atoms with Crippen molar-refractivity contribution in [1.82, 2.24) is 4.98 Å². The molecule has 0 aromatic carbocycles. The monoisotopic (exact) mass is 333 g/mol. The van der Waals surface area contributed by atoms with E-state index >= 15 is 0 Å².